The third-order valence-electron chi connectivity index (χ3n) is 3.10. The highest BCUT2D eigenvalue weighted by Gasteiger charge is 2.46. The first-order valence-electron chi connectivity index (χ1n) is 6.56. The second-order valence-corrected chi connectivity index (χ2v) is 4.88. The number of rotatable bonds is 5. The van der Waals surface area contributed by atoms with Crippen molar-refractivity contribution in [2.24, 2.45) is 0 Å². The highest BCUT2D eigenvalue weighted by Crippen LogP contribution is 2.20. The van der Waals surface area contributed by atoms with Crippen molar-refractivity contribution in [2.75, 3.05) is 0 Å². The molecule has 1 rings (SSSR count). The van der Waals surface area contributed by atoms with E-state index in [4.69, 9.17) is 11.6 Å². The van der Waals surface area contributed by atoms with Gasteiger partial charge in [0, 0.05) is 11.1 Å². The Kier molecular flexibility index (Phi) is 6.42. The molecule has 0 saturated heterocycles. The Morgan fingerprint density at radius 1 is 1.29 bits per heavy atom. The number of benzene rings is 1. The van der Waals surface area contributed by atoms with E-state index in [0.29, 0.717) is 12.5 Å². The molecular weight excluding hydrogens is 322 g/mol. The molecule has 0 aliphatic heterocycles. The van der Waals surface area contributed by atoms with E-state index in [0.717, 1.165) is 5.48 Å². The number of nitrogens with one attached hydrogen (secondary N) is 2. The van der Waals surface area contributed by atoms with E-state index >= 15 is 0 Å². The smallest absolute Gasteiger partial charge is 0.269 e. The average Bonchev–Trinajstić information content (AvgIpc) is 2.57. The Morgan fingerprint density at radius 3 is 2.33 bits per heavy atom. The van der Waals surface area contributed by atoms with Crippen LogP contribution in [-0.2, 0) is 4.79 Å². The summed E-state index contributed by atoms with van der Waals surface area (Å²) in [6.07, 6.45) is 1.64. The quantitative estimate of drug-likeness (QED) is 0.353. The molecule has 6 nitrogen and oxygen atoms in total. The third-order valence-corrected chi connectivity index (χ3v) is 3.10. The van der Waals surface area contributed by atoms with E-state index in [9.17, 15) is 23.5 Å². The molecule has 0 radical (unpaired) electrons. The Labute approximate surface area is 136 Å². The van der Waals surface area contributed by atoms with Crippen LogP contribution in [0.25, 0.3) is 0 Å². The van der Waals surface area contributed by atoms with Gasteiger partial charge in [0.25, 0.3) is 18.2 Å². The number of carbonyl (C=O) groups is 2. The van der Waals surface area contributed by atoms with Crippen molar-refractivity contribution >= 4 is 11.8 Å². The minimum absolute atomic E-state index is 0.0297. The van der Waals surface area contributed by atoms with Crippen LogP contribution >= 0.6 is 0 Å². The predicted octanol–water partition coefficient (Wildman–Crippen LogP) is 0.291. The standard InChI is InChI=1S/C16H14F2N2O4/c1-3-4-5-10-6-8-11(9-7-10)13(21)19-12(14(22)20-24)16(2,23)15(17)18/h1,6-9,12,15,23-24H,2H3,(H,19,21)(H,20,22). The summed E-state index contributed by atoms with van der Waals surface area (Å²) in [5.41, 5.74) is -1.21. The first-order chi connectivity index (χ1) is 11.2. The van der Waals surface area contributed by atoms with Crippen molar-refractivity contribution in [1.82, 2.24) is 10.8 Å². The van der Waals surface area contributed by atoms with Gasteiger partial charge in [-0.25, -0.2) is 14.3 Å². The third kappa shape index (κ3) is 4.53. The summed E-state index contributed by atoms with van der Waals surface area (Å²) in [5, 5.41) is 20.3. The van der Waals surface area contributed by atoms with Crippen molar-refractivity contribution in [1.29, 1.82) is 0 Å². The minimum atomic E-state index is -3.35. The number of hydroxylamine groups is 1. The molecule has 0 aliphatic rings. The van der Waals surface area contributed by atoms with Crippen LogP contribution in [0.4, 0.5) is 8.78 Å². The first kappa shape index (κ1) is 19.1. The van der Waals surface area contributed by atoms with Crippen LogP contribution in [0.5, 0.6) is 0 Å². The Bertz CT molecular complexity index is 712. The number of amides is 2. The van der Waals surface area contributed by atoms with Crippen molar-refractivity contribution in [3.63, 3.8) is 0 Å². The van der Waals surface area contributed by atoms with Gasteiger partial charge in [0.05, 0.1) is 0 Å². The van der Waals surface area contributed by atoms with E-state index in [1.54, 1.807) is 0 Å². The number of carbonyl (C=O) groups excluding carboxylic acids is 2. The van der Waals surface area contributed by atoms with Crippen LogP contribution in [0.3, 0.4) is 0 Å². The fourth-order valence-corrected chi connectivity index (χ4v) is 1.70. The molecule has 0 spiro atoms. The van der Waals surface area contributed by atoms with E-state index in [-0.39, 0.29) is 5.56 Å². The maximum Gasteiger partial charge on any atom is 0.269 e. The summed E-state index contributed by atoms with van der Waals surface area (Å²) in [4.78, 5) is 23.6. The number of hydrogen-bond acceptors (Lipinski definition) is 4. The molecule has 0 fully saturated rings. The Balaban J connectivity index is 3.01. The molecule has 2 atom stereocenters. The first-order valence-corrected chi connectivity index (χ1v) is 6.56. The molecule has 4 N–H and O–H groups in total. The molecule has 0 bridgehead atoms. The summed E-state index contributed by atoms with van der Waals surface area (Å²) in [5.74, 6) is 4.83. The summed E-state index contributed by atoms with van der Waals surface area (Å²) in [6.45, 7) is 0.663. The topological polar surface area (TPSA) is 98.7 Å². The van der Waals surface area contributed by atoms with Gasteiger partial charge in [-0.15, -0.1) is 6.42 Å². The Morgan fingerprint density at radius 2 is 1.88 bits per heavy atom. The maximum atomic E-state index is 12.9. The summed E-state index contributed by atoms with van der Waals surface area (Å²) in [6, 6.07) is 3.52. The summed E-state index contributed by atoms with van der Waals surface area (Å²) in [7, 11) is 0. The SMILES string of the molecule is C#CC#Cc1ccc(C(=O)NC(C(=O)NO)C(C)(O)C(F)F)cc1. The van der Waals surface area contributed by atoms with E-state index in [1.165, 1.54) is 24.3 Å². The molecule has 0 heterocycles. The number of terminal acetylenes is 1. The van der Waals surface area contributed by atoms with Crippen LogP contribution in [0, 0.1) is 24.2 Å². The molecule has 1 aromatic carbocycles. The van der Waals surface area contributed by atoms with Crippen LogP contribution in [0.2, 0.25) is 0 Å². The lowest BCUT2D eigenvalue weighted by atomic mass is 9.95. The molecule has 2 unspecified atom stereocenters. The largest absolute Gasteiger partial charge is 0.381 e. The second kappa shape index (κ2) is 8.06. The average molecular weight is 336 g/mol. The predicted molar refractivity (Wildman–Crippen MR) is 80.0 cm³/mol. The molecule has 1 aromatic rings. The highest BCUT2D eigenvalue weighted by molar-refractivity contribution is 5.97. The van der Waals surface area contributed by atoms with Crippen molar-refractivity contribution in [3.8, 4) is 24.2 Å². The van der Waals surface area contributed by atoms with Gasteiger partial charge in [-0.2, -0.15) is 0 Å². The number of aliphatic hydroxyl groups is 1. The highest BCUT2D eigenvalue weighted by atomic mass is 19.3. The molecule has 0 aromatic heterocycles. The minimum Gasteiger partial charge on any atom is -0.381 e. The van der Waals surface area contributed by atoms with Gasteiger partial charge in [0.15, 0.2) is 5.60 Å². The molecule has 0 saturated carbocycles. The Hall–Kier alpha value is -2.94. The molecule has 0 aliphatic carbocycles. The fourth-order valence-electron chi connectivity index (χ4n) is 1.70. The second-order valence-electron chi connectivity index (χ2n) is 4.88. The zero-order valence-corrected chi connectivity index (χ0v) is 12.5. The van der Waals surface area contributed by atoms with Crippen LogP contribution < -0.4 is 10.8 Å². The van der Waals surface area contributed by atoms with Gasteiger partial charge in [-0.3, -0.25) is 14.8 Å². The van der Waals surface area contributed by atoms with Crippen molar-refractivity contribution in [2.45, 2.75) is 25.0 Å². The van der Waals surface area contributed by atoms with Gasteiger partial charge >= 0.3 is 0 Å². The zero-order valence-electron chi connectivity index (χ0n) is 12.5. The molecule has 8 heteroatoms. The van der Waals surface area contributed by atoms with Crippen molar-refractivity contribution in [3.05, 3.63) is 35.4 Å². The van der Waals surface area contributed by atoms with E-state index in [1.807, 2.05) is 5.32 Å². The lowest BCUT2D eigenvalue weighted by molar-refractivity contribution is -0.149. The van der Waals surface area contributed by atoms with Gasteiger partial charge in [0.2, 0.25) is 0 Å². The van der Waals surface area contributed by atoms with E-state index in [2.05, 4.69) is 17.8 Å². The lowest BCUT2D eigenvalue weighted by Gasteiger charge is -2.30. The molecule has 2 amide bonds. The van der Waals surface area contributed by atoms with Gasteiger partial charge in [0.1, 0.15) is 6.04 Å². The van der Waals surface area contributed by atoms with Crippen LogP contribution in [0.15, 0.2) is 24.3 Å². The fraction of sp³-hybridized carbons (Fsp3) is 0.250. The lowest BCUT2D eigenvalue weighted by Crippen LogP contribution is -2.61. The van der Waals surface area contributed by atoms with Crippen LogP contribution in [-0.4, -0.2) is 40.2 Å². The summed E-state index contributed by atoms with van der Waals surface area (Å²) < 4.78 is 25.8. The number of hydrogen-bond donors (Lipinski definition) is 4. The van der Waals surface area contributed by atoms with Gasteiger partial charge in [-0.05, 0) is 43.0 Å². The van der Waals surface area contributed by atoms with Gasteiger partial charge < -0.3 is 10.4 Å². The molecule has 126 valence electrons. The molecule has 24 heavy (non-hydrogen) atoms. The van der Waals surface area contributed by atoms with Crippen LogP contribution in [0.1, 0.15) is 22.8 Å². The number of alkyl halides is 2. The normalized spacial score (nSPS) is 13.7. The summed E-state index contributed by atoms with van der Waals surface area (Å²) >= 11 is 0. The van der Waals surface area contributed by atoms with Gasteiger partial charge in [-0.1, -0.05) is 5.92 Å². The monoisotopic (exact) mass is 336 g/mol. The van der Waals surface area contributed by atoms with E-state index < -0.39 is 29.9 Å². The molecular formula is C16H14F2N2O4. The number of halogens is 2. The van der Waals surface area contributed by atoms with Crippen molar-refractivity contribution < 1.29 is 28.7 Å². The maximum absolute atomic E-state index is 12.9. The zero-order chi connectivity index (χ0) is 18.3.